The maximum atomic E-state index is 3.50. The van der Waals surface area contributed by atoms with Crippen LogP contribution in [0.1, 0.15) is 52.4 Å². The molecule has 0 amide bonds. The monoisotopic (exact) mass is 224 g/mol. The van der Waals surface area contributed by atoms with Crippen molar-refractivity contribution in [3.8, 4) is 0 Å². The predicted octanol–water partition coefficient (Wildman–Crippen LogP) is 2.64. The van der Waals surface area contributed by atoms with Gasteiger partial charge in [0.2, 0.25) is 0 Å². The van der Waals surface area contributed by atoms with Crippen LogP contribution >= 0.6 is 0 Å². The van der Waals surface area contributed by atoms with E-state index in [1.165, 1.54) is 64.7 Å². The van der Waals surface area contributed by atoms with E-state index < -0.39 is 0 Å². The molecule has 1 atom stereocenters. The average Bonchev–Trinajstić information content (AvgIpc) is 2.31. The van der Waals surface area contributed by atoms with Crippen molar-refractivity contribution >= 4 is 0 Å². The summed E-state index contributed by atoms with van der Waals surface area (Å²) in [5, 5.41) is 3.50. The molecule has 0 aromatic rings. The summed E-state index contributed by atoms with van der Waals surface area (Å²) in [4.78, 5) is 2.72. The van der Waals surface area contributed by atoms with Crippen LogP contribution in [-0.4, -0.2) is 37.1 Å². The van der Waals surface area contributed by atoms with E-state index in [4.69, 9.17) is 0 Å². The van der Waals surface area contributed by atoms with Gasteiger partial charge in [-0.05, 0) is 70.6 Å². The third kappa shape index (κ3) is 2.78. The largest absolute Gasteiger partial charge is 0.317 e. The number of hydrogen-bond donors (Lipinski definition) is 1. The summed E-state index contributed by atoms with van der Waals surface area (Å²) in [7, 11) is 0. The van der Waals surface area contributed by atoms with Crippen LogP contribution in [-0.2, 0) is 0 Å². The second-order valence-corrected chi connectivity index (χ2v) is 5.92. The lowest BCUT2D eigenvalue weighted by molar-refractivity contribution is 0.0519. The normalized spacial score (nSPS) is 28.1. The van der Waals surface area contributed by atoms with Gasteiger partial charge >= 0.3 is 0 Å². The molecule has 2 heteroatoms. The van der Waals surface area contributed by atoms with Crippen molar-refractivity contribution in [3.05, 3.63) is 0 Å². The van der Waals surface area contributed by atoms with Gasteiger partial charge in [0.1, 0.15) is 0 Å². The van der Waals surface area contributed by atoms with Gasteiger partial charge in [0.15, 0.2) is 0 Å². The van der Waals surface area contributed by atoms with Gasteiger partial charge in [0.25, 0.3) is 0 Å². The maximum Gasteiger partial charge on any atom is 0.00668 e. The van der Waals surface area contributed by atoms with Crippen molar-refractivity contribution < 1.29 is 0 Å². The Labute approximate surface area is 101 Å². The Hall–Kier alpha value is -0.0800. The zero-order valence-corrected chi connectivity index (χ0v) is 11.1. The molecule has 1 unspecified atom stereocenters. The van der Waals surface area contributed by atoms with Crippen LogP contribution in [0.3, 0.4) is 0 Å². The summed E-state index contributed by atoms with van der Waals surface area (Å²) in [6.07, 6.45) is 8.43. The minimum atomic E-state index is 0.716. The van der Waals surface area contributed by atoms with Crippen molar-refractivity contribution in [2.75, 3.05) is 26.2 Å². The van der Waals surface area contributed by atoms with Gasteiger partial charge in [-0.2, -0.15) is 0 Å². The highest BCUT2D eigenvalue weighted by Gasteiger charge is 2.36. The molecule has 94 valence electrons. The molecule has 2 saturated heterocycles. The SMILES string of the molecule is CCCC(C)N1CCC2(CCNCC2)CC1. The van der Waals surface area contributed by atoms with Crippen molar-refractivity contribution in [2.24, 2.45) is 5.41 Å². The fourth-order valence-electron chi connectivity index (χ4n) is 3.50. The lowest BCUT2D eigenvalue weighted by Crippen LogP contribution is -2.47. The van der Waals surface area contributed by atoms with Crippen LogP contribution in [0.25, 0.3) is 0 Å². The van der Waals surface area contributed by atoms with Crippen molar-refractivity contribution in [1.29, 1.82) is 0 Å². The second kappa shape index (κ2) is 5.50. The Bertz CT molecular complexity index is 199. The van der Waals surface area contributed by atoms with Crippen molar-refractivity contribution in [1.82, 2.24) is 10.2 Å². The summed E-state index contributed by atoms with van der Waals surface area (Å²) in [5.41, 5.74) is 0.716. The van der Waals surface area contributed by atoms with Crippen LogP contribution in [0.15, 0.2) is 0 Å². The van der Waals surface area contributed by atoms with Crippen LogP contribution < -0.4 is 5.32 Å². The molecule has 2 fully saturated rings. The number of likely N-dealkylation sites (tertiary alicyclic amines) is 1. The van der Waals surface area contributed by atoms with Crippen LogP contribution in [0, 0.1) is 5.41 Å². The molecule has 2 rings (SSSR count). The summed E-state index contributed by atoms with van der Waals surface area (Å²) >= 11 is 0. The first-order valence-electron chi connectivity index (χ1n) is 7.20. The summed E-state index contributed by atoms with van der Waals surface area (Å²) in [6.45, 7) is 9.91. The molecular formula is C14H28N2. The van der Waals surface area contributed by atoms with Gasteiger partial charge in [-0.25, -0.2) is 0 Å². The Balaban J connectivity index is 1.81. The number of nitrogens with zero attached hydrogens (tertiary/aromatic N) is 1. The van der Waals surface area contributed by atoms with E-state index in [-0.39, 0.29) is 0 Å². The molecule has 0 bridgehead atoms. The first-order valence-corrected chi connectivity index (χ1v) is 7.20. The molecular weight excluding hydrogens is 196 g/mol. The zero-order valence-electron chi connectivity index (χ0n) is 11.1. The fraction of sp³-hybridized carbons (Fsp3) is 1.00. The molecule has 2 nitrogen and oxygen atoms in total. The standard InChI is InChI=1S/C14H28N2/c1-3-4-13(2)16-11-7-14(8-12-16)5-9-15-10-6-14/h13,15H,3-12H2,1-2H3. The quantitative estimate of drug-likeness (QED) is 0.793. The number of rotatable bonds is 3. The molecule has 2 heterocycles. The molecule has 0 aliphatic carbocycles. The van der Waals surface area contributed by atoms with Crippen LogP contribution in [0.5, 0.6) is 0 Å². The van der Waals surface area contributed by atoms with Crippen LogP contribution in [0.4, 0.5) is 0 Å². The van der Waals surface area contributed by atoms with E-state index in [1.54, 1.807) is 0 Å². The molecule has 16 heavy (non-hydrogen) atoms. The minimum absolute atomic E-state index is 0.716. The average molecular weight is 224 g/mol. The van der Waals surface area contributed by atoms with Crippen molar-refractivity contribution in [2.45, 2.75) is 58.4 Å². The summed E-state index contributed by atoms with van der Waals surface area (Å²) in [5.74, 6) is 0. The minimum Gasteiger partial charge on any atom is -0.317 e. The molecule has 1 spiro atoms. The molecule has 0 saturated carbocycles. The lowest BCUT2D eigenvalue weighted by atomic mass is 9.71. The molecule has 2 aliphatic rings. The van der Waals surface area contributed by atoms with E-state index in [0.717, 1.165) is 6.04 Å². The Kier molecular flexibility index (Phi) is 4.26. The highest BCUT2D eigenvalue weighted by Crippen LogP contribution is 2.39. The molecule has 1 N–H and O–H groups in total. The number of nitrogens with one attached hydrogen (secondary N) is 1. The van der Waals surface area contributed by atoms with Gasteiger partial charge in [-0.1, -0.05) is 13.3 Å². The van der Waals surface area contributed by atoms with Crippen molar-refractivity contribution in [3.63, 3.8) is 0 Å². The van der Waals surface area contributed by atoms with Gasteiger partial charge in [0, 0.05) is 6.04 Å². The third-order valence-corrected chi connectivity index (χ3v) is 4.85. The fourth-order valence-corrected chi connectivity index (χ4v) is 3.50. The summed E-state index contributed by atoms with van der Waals surface area (Å²) in [6, 6.07) is 0.809. The Morgan fingerprint density at radius 2 is 1.75 bits per heavy atom. The Morgan fingerprint density at radius 1 is 1.12 bits per heavy atom. The van der Waals surface area contributed by atoms with E-state index in [2.05, 4.69) is 24.1 Å². The van der Waals surface area contributed by atoms with Gasteiger partial charge in [0.05, 0.1) is 0 Å². The summed E-state index contributed by atoms with van der Waals surface area (Å²) < 4.78 is 0. The molecule has 0 aromatic heterocycles. The van der Waals surface area contributed by atoms with E-state index in [1.807, 2.05) is 0 Å². The molecule has 0 aromatic carbocycles. The highest BCUT2D eigenvalue weighted by molar-refractivity contribution is 4.90. The third-order valence-electron chi connectivity index (χ3n) is 4.85. The van der Waals surface area contributed by atoms with Crippen LogP contribution in [0.2, 0.25) is 0 Å². The molecule has 2 aliphatic heterocycles. The van der Waals surface area contributed by atoms with E-state index >= 15 is 0 Å². The van der Waals surface area contributed by atoms with Gasteiger partial charge < -0.3 is 10.2 Å². The zero-order chi connectivity index (χ0) is 11.4. The van der Waals surface area contributed by atoms with Gasteiger partial charge in [-0.3, -0.25) is 0 Å². The van der Waals surface area contributed by atoms with E-state index in [0.29, 0.717) is 5.41 Å². The Morgan fingerprint density at radius 3 is 2.31 bits per heavy atom. The predicted molar refractivity (Wildman–Crippen MR) is 69.7 cm³/mol. The number of piperidine rings is 2. The lowest BCUT2D eigenvalue weighted by Gasteiger charge is -2.46. The van der Waals surface area contributed by atoms with E-state index in [9.17, 15) is 0 Å². The smallest absolute Gasteiger partial charge is 0.00668 e. The van der Waals surface area contributed by atoms with Gasteiger partial charge in [-0.15, -0.1) is 0 Å². The molecule has 0 radical (unpaired) electrons. The first-order chi connectivity index (χ1) is 7.76. The number of hydrogen-bond acceptors (Lipinski definition) is 2. The second-order valence-electron chi connectivity index (χ2n) is 5.92. The highest BCUT2D eigenvalue weighted by atomic mass is 15.2. The maximum absolute atomic E-state index is 3.50. The first kappa shape index (κ1) is 12.4. The topological polar surface area (TPSA) is 15.3 Å².